The van der Waals surface area contributed by atoms with Gasteiger partial charge in [-0.15, -0.1) is 0 Å². The van der Waals surface area contributed by atoms with Gasteiger partial charge >= 0.3 is 5.97 Å². The highest BCUT2D eigenvalue weighted by Gasteiger charge is 2.05. The Kier molecular flexibility index (Phi) is 5.49. The van der Waals surface area contributed by atoms with E-state index >= 15 is 0 Å². The maximum Gasteiger partial charge on any atom is 0.316 e. The molecule has 0 N–H and O–H groups in total. The van der Waals surface area contributed by atoms with Crippen LogP contribution in [0.2, 0.25) is 0 Å². The van der Waals surface area contributed by atoms with E-state index in [0.717, 1.165) is 6.42 Å². The highest BCUT2D eigenvalue weighted by atomic mass is 32.2. The van der Waals surface area contributed by atoms with Crippen LogP contribution in [0.25, 0.3) is 0 Å². The van der Waals surface area contributed by atoms with Gasteiger partial charge in [0.1, 0.15) is 0 Å². The molecule has 0 aliphatic rings. The van der Waals surface area contributed by atoms with Crippen molar-refractivity contribution >= 4 is 17.7 Å². The maximum atomic E-state index is 10.8. The van der Waals surface area contributed by atoms with Gasteiger partial charge in [0.2, 0.25) is 0 Å². The molecule has 0 saturated carbocycles. The second kappa shape index (κ2) is 5.59. The molecule has 0 aromatic rings. The zero-order valence-corrected chi connectivity index (χ0v) is 7.53. The highest BCUT2D eigenvalue weighted by Crippen LogP contribution is 1.99. The van der Waals surface area contributed by atoms with E-state index in [9.17, 15) is 4.79 Å². The summed E-state index contributed by atoms with van der Waals surface area (Å²) >= 11 is 1.49. The molecule has 0 aliphatic carbocycles. The predicted molar refractivity (Wildman–Crippen MR) is 44.2 cm³/mol. The van der Waals surface area contributed by atoms with Crippen LogP contribution in [0.15, 0.2) is 0 Å². The van der Waals surface area contributed by atoms with E-state index in [2.05, 4.69) is 0 Å². The molecule has 0 amide bonds. The first kappa shape index (κ1) is 9.82. The summed E-state index contributed by atoms with van der Waals surface area (Å²) in [6.45, 7) is 3.90. The van der Waals surface area contributed by atoms with Gasteiger partial charge < -0.3 is 4.74 Å². The Balaban J connectivity index is 3.37. The Morgan fingerprint density at radius 2 is 2.30 bits per heavy atom. The van der Waals surface area contributed by atoms with Crippen molar-refractivity contribution in [3.8, 4) is 0 Å². The monoisotopic (exact) mass is 162 g/mol. The molecule has 10 heavy (non-hydrogen) atoms. The fourth-order valence-electron chi connectivity index (χ4n) is 0.460. The molecule has 60 valence electrons. The number of esters is 1. The molecule has 2 nitrogen and oxygen atoms in total. The Morgan fingerprint density at radius 1 is 1.70 bits per heavy atom. The van der Waals surface area contributed by atoms with Crippen LogP contribution in [0.1, 0.15) is 20.3 Å². The molecule has 0 rings (SSSR count). The van der Waals surface area contributed by atoms with Crippen LogP contribution in [0.4, 0.5) is 0 Å². The molecule has 0 spiro atoms. The first-order chi connectivity index (χ1) is 4.70. The van der Waals surface area contributed by atoms with E-state index < -0.39 is 0 Å². The Labute approximate surface area is 66.3 Å². The molecule has 0 bridgehead atoms. The smallest absolute Gasteiger partial charge is 0.316 e. The minimum atomic E-state index is -0.109. The van der Waals surface area contributed by atoms with Crippen molar-refractivity contribution in [3.05, 3.63) is 0 Å². The Morgan fingerprint density at radius 3 is 2.70 bits per heavy atom. The number of carbonyl (C=O) groups is 1. The van der Waals surface area contributed by atoms with Gasteiger partial charge in [-0.3, -0.25) is 4.79 Å². The van der Waals surface area contributed by atoms with Crippen molar-refractivity contribution in [1.82, 2.24) is 0 Å². The van der Waals surface area contributed by atoms with E-state index in [0.29, 0.717) is 5.75 Å². The van der Waals surface area contributed by atoms with Gasteiger partial charge in [0.25, 0.3) is 0 Å². The van der Waals surface area contributed by atoms with Crippen molar-refractivity contribution in [2.75, 3.05) is 12.0 Å². The zero-order chi connectivity index (χ0) is 7.98. The van der Waals surface area contributed by atoms with Crippen LogP contribution in [-0.2, 0) is 9.53 Å². The van der Waals surface area contributed by atoms with Crippen molar-refractivity contribution in [2.24, 2.45) is 0 Å². The number of hydrogen-bond donors (Lipinski definition) is 0. The minimum absolute atomic E-state index is 0.0691. The number of carbonyl (C=O) groups excluding carboxylic acids is 1. The number of ether oxygens (including phenoxy) is 1. The van der Waals surface area contributed by atoms with Crippen LogP contribution in [0.5, 0.6) is 0 Å². The van der Waals surface area contributed by atoms with Crippen LogP contribution in [0.3, 0.4) is 0 Å². The van der Waals surface area contributed by atoms with E-state index in [4.69, 9.17) is 4.74 Å². The quantitative estimate of drug-likeness (QED) is 0.588. The second-order valence-electron chi connectivity index (χ2n) is 2.14. The topological polar surface area (TPSA) is 26.3 Å². The first-order valence-corrected chi connectivity index (χ1v) is 4.78. The van der Waals surface area contributed by atoms with Crippen molar-refractivity contribution in [1.29, 1.82) is 0 Å². The van der Waals surface area contributed by atoms with Gasteiger partial charge in [0.15, 0.2) is 0 Å². The van der Waals surface area contributed by atoms with Gasteiger partial charge in [-0.1, -0.05) is 6.92 Å². The molecule has 0 saturated heterocycles. The predicted octanol–water partition coefficient (Wildman–Crippen LogP) is 1.69. The van der Waals surface area contributed by atoms with Gasteiger partial charge in [-0.25, -0.2) is 0 Å². The van der Waals surface area contributed by atoms with E-state index in [1.54, 1.807) is 0 Å². The minimum Gasteiger partial charge on any atom is -0.462 e. The van der Waals surface area contributed by atoms with Crippen LogP contribution in [0, 0.1) is 0 Å². The lowest BCUT2D eigenvalue weighted by atomic mass is 10.3. The molecule has 1 unspecified atom stereocenters. The lowest BCUT2D eigenvalue weighted by Crippen LogP contribution is -2.15. The molecular formula is C7H14O2S. The van der Waals surface area contributed by atoms with Crippen molar-refractivity contribution in [2.45, 2.75) is 26.4 Å². The molecule has 1 atom stereocenters. The molecule has 0 heterocycles. The summed E-state index contributed by atoms with van der Waals surface area (Å²) in [5.74, 6) is 0.353. The number of thioether (sulfide) groups is 1. The van der Waals surface area contributed by atoms with Crippen molar-refractivity contribution < 1.29 is 9.53 Å². The average molecular weight is 162 g/mol. The first-order valence-electron chi connectivity index (χ1n) is 3.39. The Hall–Kier alpha value is -0.180. The molecular weight excluding hydrogens is 148 g/mol. The van der Waals surface area contributed by atoms with E-state index in [1.807, 2.05) is 20.1 Å². The van der Waals surface area contributed by atoms with Gasteiger partial charge in [-0.05, 0) is 19.6 Å². The standard InChI is InChI=1S/C7H14O2S/c1-4-6(2)9-7(8)5-10-3/h6H,4-5H2,1-3H3. The highest BCUT2D eigenvalue weighted by molar-refractivity contribution is 7.99. The molecule has 0 radical (unpaired) electrons. The average Bonchev–Trinajstić information content (AvgIpc) is 1.88. The molecule has 3 heteroatoms. The maximum absolute atomic E-state index is 10.8. The lowest BCUT2D eigenvalue weighted by molar-refractivity contribution is -0.144. The van der Waals surface area contributed by atoms with Crippen LogP contribution >= 0.6 is 11.8 Å². The third-order valence-corrected chi connectivity index (χ3v) is 1.69. The zero-order valence-electron chi connectivity index (χ0n) is 6.72. The van der Waals surface area contributed by atoms with Gasteiger partial charge in [-0.2, -0.15) is 11.8 Å². The molecule has 0 fully saturated rings. The second-order valence-corrected chi connectivity index (χ2v) is 3.01. The summed E-state index contributed by atoms with van der Waals surface area (Å²) in [5, 5.41) is 0. The van der Waals surface area contributed by atoms with Gasteiger partial charge in [0.05, 0.1) is 11.9 Å². The van der Waals surface area contributed by atoms with Crippen LogP contribution < -0.4 is 0 Å². The normalized spacial score (nSPS) is 12.7. The molecule has 0 aliphatic heterocycles. The molecule has 0 aromatic carbocycles. The Bertz CT molecular complexity index is 104. The SMILES string of the molecule is CCC(C)OC(=O)CSC. The molecule has 0 aromatic heterocycles. The van der Waals surface area contributed by atoms with Crippen molar-refractivity contribution in [3.63, 3.8) is 0 Å². The summed E-state index contributed by atoms with van der Waals surface area (Å²) < 4.78 is 4.98. The third-order valence-electron chi connectivity index (χ3n) is 1.17. The summed E-state index contributed by atoms with van der Waals surface area (Å²) in [4.78, 5) is 10.8. The lowest BCUT2D eigenvalue weighted by Gasteiger charge is -2.09. The van der Waals surface area contributed by atoms with E-state index in [-0.39, 0.29) is 12.1 Å². The fourth-order valence-corrected chi connectivity index (χ4v) is 0.763. The summed E-state index contributed by atoms with van der Waals surface area (Å²) in [6, 6.07) is 0. The number of hydrogen-bond acceptors (Lipinski definition) is 3. The largest absolute Gasteiger partial charge is 0.462 e. The van der Waals surface area contributed by atoms with Gasteiger partial charge in [0, 0.05) is 0 Å². The third kappa shape index (κ3) is 4.68. The summed E-state index contributed by atoms with van der Waals surface area (Å²) in [5.41, 5.74) is 0. The van der Waals surface area contributed by atoms with E-state index in [1.165, 1.54) is 11.8 Å². The number of rotatable bonds is 4. The summed E-state index contributed by atoms with van der Waals surface area (Å²) in [6.07, 6.45) is 2.84. The fraction of sp³-hybridized carbons (Fsp3) is 0.857. The summed E-state index contributed by atoms with van der Waals surface area (Å²) in [7, 11) is 0. The van der Waals surface area contributed by atoms with Crippen LogP contribution in [-0.4, -0.2) is 24.1 Å².